The molecule has 3 aromatic heterocycles. The second kappa shape index (κ2) is 16.5. The Bertz CT molecular complexity index is 2740. The van der Waals surface area contributed by atoms with E-state index in [2.05, 4.69) is 16.4 Å². The van der Waals surface area contributed by atoms with Crippen molar-refractivity contribution in [3.63, 3.8) is 0 Å². The van der Waals surface area contributed by atoms with E-state index in [0.717, 1.165) is 93.2 Å². The summed E-state index contributed by atoms with van der Waals surface area (Å²) in [6, 6.07) is 11.2. The van der Waals surface area contributed by atoms with Crippen LogP contribution in [0.15, 0.2) is 42.6 Å². The van der Waals surface area contributed by atoms with Crippen LogP contribution in [0.4, 0.5) is 11.4 Å². The van der Waals surface area contributed by atoms with Gasteiger partial charge in [0.25, 0.3) is 5.91 Å². The van der Waals surface area contributed by atoms with Crippen LogP contribution in [-0.2, 0) is 25.3 Å². The van der Waals surface area contributed by atoms with Crippen molar-refractivity contribution in [2.45, 2.75) is 72.8 Å². The molecule has 1 N–H and O–H groups in total. The molecule has 0 spiro atoms. The van der Waals surface area contributed by atoms with Crippen molar-refractivity contribution >= 4 is 74.2 Å². The number of anilines is 2. The standard InChI is InChI=1S/C47H53Cl2N7O5/c1-26-19-32(20-27(2)42(26)49)61-18-12-13-33-34-14-15-37(48)41(40-29(4)50-53(8)30(40)5)44(34)56-28(3)23-55(46(58)45(33)56)38-22-31(21-35-36(47(59)60)24-51(6)43(35)38)52(7)39(57)25-54-16-10-9-11-17-54/h14-15,19-22,24,28H,9-13,16-18,23,25H2,1-8H3,(H,59,60). The number of benzene rings is 3. The maximum Gasteiger partial charge on any atom is 0.337 e. The number of carbonyl (C=O) groups excluding carboxylic acids is 2. The summed E-state index contributed by atoms with van der Waals surface area (Å²) in [5, 5.41) is 17.8. The summed E-state index contributed by atoms with van der Waals surface area (Å²) in [5.74, 6) is -0.678. The SMILES string of the molecule is Cc1cc(OCCCc2c3n(c4c(-c5c(C)nn(C)c5C)c(Cl)ccc24)C(C)CN(c2cc(N(C)C(=O)CN4CCCCC4)cc4c(C(=O)O)cn(C)c24)C3=O)cc(C)c1Cl. The number of aromatic nitrogens is 4. The van der Waals surface area contributed by atoms with E-state index in [1.807, 2.05) is 69.8 Å². The number of rotatable bonds is 11. The van der Waals surface area contributed by atoms with Crippen molar-refractivity contribution in [3.05, 3.63) is 92.0 Å². The molecule has 2 aliphatic rings. The minimum Gasteiger partial charge on any atom is -0.494 e. The van der Waals surface area contributed by atoms with Gasteiger partial charge < -0.3 is 28.8 Å². The largest absolute Gasteiger partial charge is 0.494 e. The Morgan fingerprint density at radius 3 is 2.31 bits per heavy atom. The van der Waals surface area contributed by atoms with Gasteiger partial charge in [0.2, 0.25) is 5.91 Å². The van der Waals surface area contributed by atoms with Gasteiger partial charge in [-0.05, 0) is 120 Å². The Morgan fingerprint density at radius 2 is 1.66 bits per heavy atom. The number of likely N-dealkylation sites (N-methyl/N-ethyl adjacent to an activating group) is 1. The minimum absolute atomic E-state index is 0.0948. The molecule has 6 aromatic rings. The third-order valence-electron chi connectivity index (χ3n) is 12.7. The maximum atomic E-state index is 15.6. The Hall–Kier alpha value is -5.30. The Morgan fingerprint density at radius 1 is 0.951 bits per heavy atom. The van der Waals surface area contributed by atoms with E-state index in [9.17, 15) is 14.7 Å². The highest BCUT2D eigenvalue weighted by Gasteiger charge is 2.38. The first-order valence-corrected chi connectivity index (χ1v) is 21.7. The molecule has 8 rings (SSSR count). The van der Waals surface area contributed by atoms with Gasteiger partial charge in [-0.1, -0.05) is 35.7 Å². The Kier molecular flexibility index (Phi) is 11.5. The van der Waals surface area contributed by atoms with Crippen LogP contribution in [0.2, 0.25) is 10.0 Å². The molecule has 0 saturated carbocycles. The summed E-state index contributed by atoms with van der Waals surface area (Å²) in [5.41, 5.74) is 9.47. The fraction of sp³-hybridized carbons (Fsp3) is 0.404. The Labute approximate surface area is 366 Å². The third kappa shape index (κ3) is 7.46. The normalized spacial score (nSPS) is 15.9. The lowest BCUT2D eigenvalue weighted by Crippen LogP contribution is -2.43. The number of likely N-dealkylation sites (tertiary alicyclic amines) is 1. The van der Waals surface area contributed by atoms with E-state index < -0.39 is 5.97 Å². The van der Waals surface area contributed by atoms with Crippen LogP contribution in [0.1, 0.15) is 87.6 Å². The molecular formula is C47H53Cl2N7O5. The fourth-order valence-electron chi connectivity index (χ4n) is 9.57. The average molecular weight is 867 g/mol. The molecule has 320 valence electrons. The molecule has 61 heavy (non-hydrogen) atoms. The van der Waals surface area contributed by atoms with Crippen LogP contribution in [0.25, 0.3) is 32.9 Å². The molecule has 2 amide bonds. The van der Waals surface area contributed by atoms with Gasteiger partial charge in [0, 0.05) is 78.2 Å². The lowest BCUT2D eigenvalue weighted by atomic mass is 9.98. The number of piperidine rings is 1. The molecule has 0 bridgehead atoms. The molecular weight excluding hydrogens is 813 g/mol. The first-order valence-electron chi connectivity index (χ1n) is 21.0. The van der Waals surface area contributed by atoms with Gasteiger partial charge in [0.15, 0.2) is 0 Å². The predicted octanol–water partition coefficient (Wildman–Crippen LogP) is 9.45. The monoisotopic (exact) mass is 865 g/mol. The highest BCUT2D eigenvalue weighted by atomic mass is 35.5. The number of aryl methyl sites for hydroxylation is 6. The second-order valence-corrected chi connectivity index (χ2v) is 17.7. The molecule has 2 aliphatic heterocycles. The van der Waals surface area contributed by atoms with Gasteiger partial charge in [-0.25, -0.2) is 4.79 Å². The van der Waals surface area contributed by atoms with Crippen molar-refractivity contribution < 1.29 is 24.2 Å². The number of amides is 2. The van der Waals surface area contributed by atoms with E-state index >= 15 is 4.79 Å². The highest BCUT2D eigenvalue weighted by molar-refractivity contribution is 6.35. The van der Waals surface area contributed by atoms with Gasteiger partial charge in [-0.15, -0.1) is 0 Å². The van der Waals surface area contributed by atoms with Gasteiger partial charge in [-0.2, -0.15) is 5.10 Å². The number of hydrogen-bond acceptors (Lipinski definition) is 6. The predicted molar refractivity (Wildman–Crippen MR) is 243 cm³/mol. The molecule has 1 atom stereocenters. The number of carboxylic acids is 1. The number of ether oxygens (including phenoxy) is 1. The van der Waals surface area contributed by atoms with Gasteiger partial charge in [-0.3, -0.25) is 19.2 Å². The number of aromatic carboxylic acids is 1. The van der Waals surface area contributed by atoms with Crippen LogP contribution in [0.5, 0.6) is 5.75 Å². The van der Waals surface area contributed by atoms with E-state index in [0.29, 0.717) is 52.4 Å². The molecule has 14 heteroatoms. The molecule has 0 aliphatic carbocycles. The van der Waals surface area contributed by atoms with Crippen LogP contribution >= 0.6 is 23.2 Å². The summed E-state index contributed by atoms with van der Waals surface area (Å²) < 4.78 is 12.0. The van der Waals surface area contributed by atoms with Gasteiger partial charge >= 0.3 is 5.97 Å². The zero-order valence-electron chi connectivity index (χ0n) is 36.2. The summed E-state index contributed by atoms with van der Waals surface area (Å²) in [4.78, 5) is 47.6. The van der Waals surface area contributed by atoms with Crippen LogP contribution < -0.4 is 14.5 Å². The molecule has 12 nitrogen and oxygen atoms in total. The Balaban J connectivity index is 1.27. The molecule has 0 radical (unpaired) electrons. The molecule has 5 heterocycles. The maximum absolute atomic E-state index is 15.6. The summed E-state index contributed by atoms with van der Waals surface area (Å²) in [6.07, 6.45) is 5.98. The number of carboxylic acid groups (broad SMARTS) is 1. The van der Waals surface area contributed by atoms with Gasteiger partial charge in [0.05, 0.1) is 46.2 Å². The van der Waals surface area contributed by atoms with Crippen molar-refractivity contribution in [1.29, 1.82) is 0 Å². The van der Waals surface area contributed by atoms with E-state index in [4.69, 9.17) is 33.0 Å². The lowest BCUT2D eigenvalue weighted by molar-refractivity contribution is -0.119. The number of nitrogens with zero attached hydrogens (tertiary/aromatic N) is 7. The summed E-state index contributed by atoms with van der Waals surface area (Å²) in [6.45, 7) is 12.7. The fourth-order valence-corrected chi connectivity index (χ4v) is 9.93. The topological polar surface area (TPSA) is 118 Å². The number of fused-ring (bicyclic) bond motifs is 4. The van der Waals surface area contributed by atoms with E-state index in [1.54, 1.807) is 40.7 Å². The van der Waals surface area contributed by atoms with Crippen LogP contribution in [0, 0.1) is 27.7 Å². The van der Waals surface area contributed by atoms with Crippen LogP contribution in [0.3, 0.4) is 0 Å². The number of carbonyl (C=O) groups is 3. The average Bonchev–Trinajstić information content (AvgIpc) is 3.84. The lowest BCUT2D eigenvalue weighted by Gasteiger charge is -2.35. The van der Waals surface area contributed by atoms with Crippen molar-refractivity contribution in [2.24, 2.45) is 14.1 Å². The molecule has 1 unspecified atom stereocenters. The zero-order chi connectivity index (χ0) is 43.6. The van der Waals surface area contributed by atoms with Gasteiger partial charge in [0.1, 0.15) is 11.4 Å². The zero-order valence-corrected chi connectivity index (χ0v) is 37.7. The molecule has 3 aromatic carbocycles. The van der Waals surface area contributed by atoms with Crippen molar-refractivity contribution in [3.8, 4) is 16.9 Å². The van der Waals surface area contributed by atoms with Crippen LogP contribution in [-0.4, -0.2) is 86.5 Å². The first-order chi connectivity index (χ1) is 29.1. The highest BCUT2D eigenvalue weighted by Crippen LogP contribution is 2.46. The second-order valence-electron chi connectivity index (χ2n) is 16.9. The molecule has 1 saturated heterocycles. The number of hydrogen-bond donors (Lipinski definition) is 1. The van der Waals surface area contributed by atoms with E-state index in [-0.39, 0.29) is 36.5 Å². The van der Waals surface area contributed by atoms with Crippen molar-refractivity contribution in [1.82, 2.24) is 23.8 Å². The van der Waals surface area contributed by atoms with Crippen molar-refractivity contribution in [2.75, 3.05) is 49.6 Å². The minimum atomic E-state index is -1.09. The third-order valence-corrected chi connectivity index (χ3v) is 13.6. The smallest absolute Gasteiger partial charge is 0.337 e. The summed E-state index contributed by atoms with van der Waals surface area (Å²) in [7, 11) is 5.43. The number of halogens is 2. The summed E-state index contributed by atoms with van der Waals surface area (Å²) >= 11 is 13.6. The quantitative estimate of drug-likeness (QED) is 0.129. The first kappa shape index (κ1) is 42.4. The molecule has 1 fully saturated rings. The van der Waals surface area contributed by atoms with E-state index in [1.165, 1.54) is 0 Å².